The molecule has 184 valence electrons. The first-order chi connectivity index (χ1) is 16.4. The Balaban J connectivity index is 0.000000795. The minimum atomic E-state index is -2.62. The molecule has 0 bridgehead atoms. The number of halogens is 3. The fraction of sp³-hybridized carbons (Fsp3) is 0.174. The van der Waals surface area contributed by atoms with Crippen LogP contribution in [-0.4, -0.2) is 23.4 Å². The molecule has 0 fully saturated rings. The summed E-state index contributed by atoms with van der Waals surface area (Å²) in [6.07, 6.45) is 1.51. The molecule has 4 N–H and O–H groups in total. The van der Waals surface area contributed by atoms with Crippen LogP contribution >= 0.6 is 11.3 Å². The molecule has 2 aromatic heterocycles. The molecule has 0 saturated carbocycles. The highest BCUT2D eigenvalue weighted by Gasteiger charge is 2.26. The maximum atomic E-state index is 15.7. The van der Waals surface area contributed by atoms with Crippen LogP contribution in [0.1, 0.15) is 25.8 Å². The molecule has 12 heteroatoms. The lowest BCUT2D eigenvalue weighted by Crippen LogP contribution is -2.10. The Kier molecular flexibility index (Phi) is 7.88. The minimum Gasteiger partial charge on any atom is -0.368 e. The molecule has 4 rings (SSSR count). The van der Waals surface area contributed by atoms with E-state index < -0.39 is 33.9 Å². The van der Waals surface area contributed by atoms with E-state index in [-0.39, 0.29) is 22.5 Å². The summed E-state index contributed by atoms with van der Waals surface area (Å²) in [5.41, 5.74) is 5.81. The van der Waals surface area contributed by atoms with Gasteiger partial charge in [0.15, 0.2) is 10.9 Å². The van der Waals surface area contributed by atoms with E-state index in [1.54, 1.807) is 12.1 Å². The molecule has 0 saturated heterocycles. The van der Waals surface area contributed by atoms with Gasteiger partial charge >= 0.3 is 0 Å². The van der Waals surface area contributed by atoms with Crippen LogP contribution in [0.15, 0.2) is 48.7 Å². The number of nitrogens with two attached hydrogens (primary N) is 2. The van der Waals surface area contributed by atoms with Crippen LogP contribution in [0.25, 0.3) is 33.0 Å². The molecule has 35 heavy (non-hydrogen) atoms. The van der Waals surface area contributed by atoms with Gasteiger partial charge in [0, 0.05) is 22.7 Å². The zero-order valence-corrected chi connectivity index (χ0v) is 20.6. The highest BCUT2D eigenvalue weighted by atomic mass is 32.2. The van der Waals surface area contributed by atoms with E-state index in [1.165, 1.54) is 35.7 Å². The van der Waals surface area contributed by atoms with Crippen molar-refractivity contribution in [3.63, 3.8) is 0 Å². The van der Waals surface area contributed by atoms with Gasteiger partial charge in [-0.15, -0.1) is 11.3 Å². The number of thiol groups is 1. The third-order valence-corrected chi connectivity index (χ3v) is 6.17. The Labute approximate surface area is 205 Å². The van der Waals surface area contributed by atoms with E-state index in [0.717, 1.165) is 17.1 Å². The lowest BCUT2D eigenvalue weighted by molar-refractivity contribution is 0.581. The molecule has 0 amide bonds. The number of hydrogen-bond acceptors (Lipinski definition) is 7. The quantitative estimate of drug-likeness (QED) is 0.336. The van der Waals surface area contributed by atoms with Crippen molar-refractivity contribution in [1.82, 2.24) is 15.0 Å². The number of rotatable bonds is 3. The molecule has 0 unspecified atom stereocenters. The van der Waals surface area contributed by atoms with Gasteiger partial charge in [0.25, 0.3) is 0 Å². The Morgan fingerprint density at radius 1 is 0.914 bits per heavy atom. The van der Waals surface area contributed by atoms with Gasteiger partial charge in [0.05, 0.1) is 26.8 Å². The number of nitrogen functional groups attached to an aromatic ring is 1. The van der Waals surface area contributed by atoms with Gasteiger partial charge in [-0.3, -0.25) is 0 Å². The van der Waals surface area contributed by atoms with Crippen LogP contribution in [0.5, 0.6) is 0 Å². The minimum absolute atomic E-state index is 0.0804. The summed E-state index contributed by atoms with van der Waals surface area (Å²) in [5, 5.41) is 4.83. The second-order valence-electron chi connectivity index (χ2n) is 8.30. The van der Waals surface area contributed by atoms with Crippen LogP contribution in [0.2, 0.25) is 0 Å². The second kappa shape index (κ2) is 10.5. The monoisotopic (exact) mass is 521 g/mol. The first-order valence-corrected chi connectivity index (χ1v) is 12.2. The highest BCUT2D eigenvalue weighted by molar-refractivity contribution is 7.69. The van der Waals surface area contributed by atoms with Crippen molar-refractivity contribution in [3.05, 3.63) is 71.1 Å². The fourth-order valence-electron chi connectivity index (χ4n) is 3.16. The number of thiazole rings is 1. The van der Waals surface area contributed by atoms with Gasteiger partial charge in [0.2, 0.25) is 5.95 Å². The predicted molar refractivity (Wildman–Crippen MR) is 132 cm³/mol. The summed E-state index contributed by atoms with van der Waals surface area (Å²) in [5.74, 6) is -2.36. The molecule has 0 radical (unpaired) electrons. The summed E-state index contributed by atoms with van der Waals surface area (Å²) >= 11 is 1.37. The number of nitrogens with zero attached hydrogens (tertiary/aromatic N) is 3. The van der Waals surface area contributed by atoms with Crippen molar-refractivity contribution in [3.8, 4) is 33.0 Å². The van der Waals surface area contributed by atoms with Crippen molar-refractivity contribution in [1.29, 1.82) is 0 Å². The van der Waals surface area contributed by atoms with Crippen LogP contribution < -0.4 is 10.9 Å². The van der Waals surface area contributed by atoms with Crippen LogP contribution in [0.3, 0.4) is 0 Å². The summed E-state index contributed by atoms with van der Waals surface area (Å²) in [4.78, 5) is 13.5. The average molecular weight is 522 g/mol. The number of hydrogen-bond donors (Lipinski definition) is 3. The molecule has 0 spiro atoms. The normalized spacial score (nSPS) is 11.3. The molecular formula is C23H22F3N5O2S2. The summed E-state index contributed by atoms with van der Waals surface area (Å²) < 4.78 is 62.0. The van der Waals surface area contributed by atoms with Crippen molar-refractivity contribution >= 4 is 28.2 Å². The van der Waals surface area contributed by atoms with Gasteiger partial charge in [-0.25, -0.2) is 41.7 Å². The Morgan fingerprint density at radius 3 is 2.06 bits per heavy atom. The first kappa shape index (κ1) is 26.3. The van der Waals surface area contributed by atoms with E-state index in [0.29, 0.717) is 16.3 Å². The molecule has 7 nitrogen and oxygen atoms in total. The maximum Gasteiger partial charge on any atom is 0.220 e. The largest absolute Gasteiger partial charge is 0.368 e. The van der Waals surface area contributed by atoms with Gasteiger partial charge in [-0.05, 0) is 24.3 Å². The smallest absolute Gasteiger partial charge is 0.220 e. The maximum absolute atomic E-state index is 15.7. The standard InChI is InChI=1S/C23H19F3N4S.H3NO2S/c1-23(2,3)21-30-19(20(31-21)16-10-11-28-22(27)29-16)13-7-4-6-12(18(13)26)17-14(24)8-5-9-15(17)25;1-4(2)3/h4-11H,1-3H3,(H2,27,28,29);4H,(H2,1,2,3). The van der Waals surface area contributed by atoms with Gasteiger partial charge in [-0.1, -0.05) is 39.0 Å². The predicted octanol–water partition coefficient (Wildman–Crippen LogP) is 4.70. The zero-order valence-electron chi connectivity index (χ0n) is 18.9. The van der Waals surface area contributed by atoms with Crippen molar-refractivity contribution in [2.24, 2.45) is 5.14 Å². The van der Waals surface area contributed by atoms with Crippen LogP contribution in [0, 0.1) is 17.5 Å². The Morgan fingerprint density at radius 2 is 1.49 bits per heavy atom. The van der Waals surface area contributed by atoms with Gasteiger partial charge in [0.1, 0.15) is 17.5 Å². The number of aromatic nitrogens is 3. The number of anilines is 1. The number of benzene rings is 2. The second-order valence-corrected chi connectivity index (χ2v) is 9.87. The summed E-state index contributed by atoms with van der Waals surface area (Å²) in [6, 6.07) is 9.53. The molecule has 0 aliphatic rings. The summed E-state index contributed by atoms with van der Waals surface area (Å²) in [6.45, 7) is 5.99. The third-order valence-electron chi connectivity index (χ3n) is 4.66. The topological polar surface area (TPSA) is 125 Å². The molecule has 0 aliphatic carbocycles. The van der Waals surface area contributed by atoms with E-state index in [1.807, 2.05) is 20.8 Å². The fourth-order valence-corrected chi connectivity index (χ4v) is 4.27. The molecule has 4 aromatic rings. The lowest BCUT2D eigenvalue weighted by atomic mass is 9.97. The molecular weight excluding hydrogens is 499 g/mol. The molecule has 0 aliphatic heterocycles. The van der Waals surface area contributed by atoms with E-state index in [9.17, 15) is 8.78 Å². The Hall–Kier alpha value is -3.35. The SMILES string of the molecule is CC(C)(C)c1nc(-c2cccc(-c3c(F)cccc3F)c2F)c(-c2ccnc(N)n2)s1.N[SH](=O)=O. The lowest BCUT2D eigenvalue weighted by Gasteiger charge is -2.13. The van der Waals surface area contributed by atoms with Crippen molar-refractivity contribution < 1.29 is 21.6 Å². The van der Waals surface area contributed by atoms with Gasteiger partial charge in [-0.2, -0.15) is 0 Å². The van der Waals surface area contributed by atoms with E-state index >= 15 is 4.39 Å². The van der Waals surface area contributed by atoms with E-state index in [2.05, 4.69) is 20.1 Å². The van der Waals surface area contributed by atoms with Crippen LogP contribution in [0.4, 0.5) is 19.1 Å². The highest BCUT2D eigenvalue weighted by Crippen LogP contribution is 2.42. The average Bonchev–Trinajstić information content (AvgIpc) is 3.20. The summed E-state index contributed by atoms with van der Waals surface area (Å²) in [7, 11) is -2.62. The zero-order chi connectivity index (χ0) is 25.9. The first-order valence-electron chi connectivity index (χ1n) is 10.1. The van der Waals surface area contributed by atoms with Crippen molar-refractivity contribution in [2.75, 3.05) is 5.73 Å². The molecule has 2 heterocycles. The third kappa shape index (κ3) is 6.02. The van der Waals surface area contributed by atoms with E-state index in [4.69, 9.17) is 14.2 Å². The Bertz CT molecular complexity index is 1420. The van der Waals surface area contributed by atoms with Gasteiger partial charge < -0.3 is 5.73 Å². The molecule has 0 atom stereocenters. The molecule has 2 aromatic carbocycles. The van der Waals surface area contributed by atoms with Crippen molar-refractivity contribution in [2.45, 2.75) is 26.2 Å². The van der Waals surface area contributed by atoms with Crippen LogP contribution in [-0.2, 0) is 16.3 Å².